The molecular weight excluding hydrogens is 380 g/mol. The van der Waals surface area contributed by atoms with E-state index in [1.54, 1.807) is 0 Å². The number of aryl methyl sites for hydroxylation is 3. The molecule has 166 valence electrons. The van der Waals surface area contributed by atoms with E-state index in [1.165, 1.54) is 80.9 Å². The van der Waals surface area contributed by atoms with E-state index in [-0.39, 0.29) is 12.1 Å². The Morgan fingerprint density at radius 1 is 0.645 bits per heavy atom. The van der Waals surface area contributed by atoms with Crippen molar-refractivity contribution in [3.63, 3.8) is 0 Å². The van der Waals surface area contributed by atoms with E-state index < -0.39 is 0 Å². The van der Waals surface area contributed by atoms with Gasteiger partial charge in [0.1, 0.15) is 6.10 Å². The quantitative estimate of drug-likeness (QED) is 0.415. The molecule has 0 unspecified atom stereocenters. The SMILES string of the molecule is O=C(OC1CCCCC1)c1ccc(CCc2ccc(CCC3CCCCC3)cc2)cc1. The molecule has 4 rings (SSSR count). The van der Waals surface area contributed by atoms with Crippen LogP contribution in [0.4, 0.5) is 0 Å². The summed E-state index contributed by atoms with van der Waals surface area (Å²) in [5.41, 5.74) is 4.82. The van der Waals surface area contributed by atoms with Crippen molar-refractivity contribution in [1.82, 2.24) is 0 Å². The van der Waals surface area contributed by atoms with Crippen LogP contribution in [0.1, 0.15) is 97.7 Å². The average Bonchev–Trinajstić information content (AvgIpc) is 2.84. The molecule has 2 aliphatic carbocycles. The Labute approximate surface area is 188 Å². The van der Waals surface area contributed by atoms with Crippen molar-refractivity contribution in [2.45, 2.75) is 96.0 Å². The summed E-state index contributed by atoms with van der Waals surface area (Å²) in [6.07, 6.45) is 17.6. The number of carbonyl (C=O) groups is 1. The van der Waals surface area contributed by atoms with Gasteiger partial charge >= 0.3 is 5.97 Å². The van der Waals surface area contributed by atoms with Gasteiger partial charge < -0.3 is 4.74 Å². The summed E-state index contributed by atoms with van der Waals surface area (Å²) < 4.78 is 5.68. The predicted octanol–water partition coefficient (Wildman–Crippen LogP) is 7.47. The highest BCUT2D eigenvalue weighted by atomic mass is 16.5. The lowest BCUT2D eigenvalue weighted by molar-refractivity contribution is 0.0211. The summed E-state index contributed by atoms with van der Waals surface area (Å²) in [5.74, 6) is 0.790. The van der Waals surface area contributed by atoms with Crippen LogP contribution < -0.4 is 0 Å². The molecule has 31 heavy (non-hydrogen) atoms. The van der Waals surface area contributed by atoms with Crippen LogP contribution in [0.15, 0.2) is 48.5 Å². The second-order valence-electron chi connectivity index (χ2n) is 9.72. The molecule has 0 spiro atoms. The zero-order chi connectivity index (χ0) is 21.3. The van der Waals surface area contributed by atoms with Crippen molar-refractivity contribution in [1.29, 1.82) is 0 Å². The van der Waals surface area contributed by atoms with E-state index in [1.807, 2.05) is 12.1 Å². The van der Waals surface area contributed by atoms with Crippen molar-refractivity contribution >= 4 is 5.97 Å². The second kappa shape index (κ2) is 11.5. The number of rotatable bonds is 8. The monoisotopic (exact) mass is 418 g/mol. The first-order valence-corrected chi connectivity index (χ1v) is 12.6. The number of benzene rings is 2. The molecule has 0 aliphatic heterocycles. The number of hydrogen-bond acceptors (Lipinski definition) is 2. The maximum Gasteiger partial charge on any atom is 0.338 e. The van der Waals surface area contributed by atoms with Crippen molar-refractivity contribution in [3.05, 3.63) is 70.8 Å². The van der Waals surface area contributed by atoms with Crippen LogP contribution in [0, 0.1) is 5.92 Å². The third kappa shape index (κ3) is 6.95. The minimum Gasteiger partial charge on any atom is -0.459 e. The Balaban J connectivity index is 1.21. The van der Waals surface area contributed by atoms with E-state index in [0.717, 1.165) is 31.6 Å². The third-order valence-corrected chi connectivity index (χ3v) is 7.31. The predicted molar refractivity (Wildman–Crippen MR) is 127 cm³/mol. The first-order valence-electron chi connectivity index (χ1n) is 12.6. The van der Waals surface area contributed by atoms with Crippen molar-refractivity contribution in [2.24, 2.45) is 5.92 Å². The molecule has 2 aliphatic rings. The summed E-state index contributed by atoms with van der Waals surface area (Å²) >= 11 is 0. The Morgan fingerprint density at radius 3 is 1.71 bits per heavy atom. The Hall–Kier alpha value is -2.09. The minimum absolute atomic E-state index is 0.117. The highest BCUT2D eigenvalue weighted by molar-refractivity contribution is 5.89. The molecule has 0 bridgehead atoms. The maximum absolute atomic E-state index is 12.4. The highest BCUT2D eigenvalue weighted by Crippen LogP contribution is 2.27. The fourth-order valence-electron chi connectivity index (χ4n) is 5.22. The number of ether oxygens (including phenoxy) is 1. The van der Waals surface area contributed by atoms with Gasteiger partial charge in [-0.05, 0) is 86.1 Å². The van der Waals surface area contributed by atoms with E-state index >= 15 is 0 Å². The molecule has 0 heterocycles. The molecule has 0 saturated heterocycles. The van der Waals surface area contributed by atoms with Crippen LogP contribution in [0.2, 0.25) is 0 Å². The lowest BCUT2D eigenvalue weighted by atomic mass is 9.85. The van der Waals surface area contributed by atoms with E-state index in [2.05, 4.69) is 36.4 Å². The fraction of sp³-hybridized carbons (Fsp3) is 0.552. The molecule has 2 aromatic carbocycles. The van der Waals surface area contributed by atoms with Gasteiger partial charge in [0.25, 0.3) is 0 Å². The van der Waals surface area contributed by atoms with Gasteiger partial charge in [0.15, 0.2) is 0 Å². The normalized spacial score (nSPS) is 18.1. The minimum atomic E-state index is -0.165. The smallest absolute Gasteiger partial charge is 0.338 e. The maximum atomic E-state index is 12.4. The summed E-state index contributed by atoms with van der Waals surface area (Å²) in [6.45, 7) is 0. The van der Waals surface area contributed by atoms with Crippen molar-refractivity contribution < 1.29 is 9.53 Å². The van der Waals surface area contributed by atoms with E-state index in [4.69, 9.17) is 4.74 Å². The van der Waals surface area contributed by atoms with Gasteiger partial charge in [0.2, 0.25) is 0 Å². The summed E-state index contributed by atoms with van der Waals surface area (Å²) in [6, 6.07) is 17.2. The van der Waals surface area contributed by atoms with Crippen molar-refractivity contribution in [2.75, 3.05) is 0 Å². The molecule has 2 nitrogen and oxygen atoms in total. The Bertz CT molecular complexity index is 794. The van der Waals surface area contributed by atoms with Gasteiger partial charge in [-0.1, -0.05) is 74.9 Å². The second-order valence-corrected chi connectivity index (χ2v) is 9.72. The fourth-order valence-corrected chi connectivity index (χ4v) is 5.22. The Kier molecular flexibility index (Phi) is 8.21. The van der Waals surface area contributed by atoms with Crippen LogP contribution in [-0.4, -0.2) is 12.1 Å². The zero-order valence-electron chi connectivity index (χ0n) is 19.0. The molecule has 2 saturated carbocycles. The van der Waals surface area contributed by atoms with Gasteiger partial charge in [-0.3, -0.25) is 0 Å². The zero-order valence-corrected chi connectivity index (χ0v) is 19.0. The average molecular weight is 419 g/mol. The van der Waals surface area contributed by atoms with Gasteiger partial charge in [0.05, 0.1) is 5.56 Å². The van der Waals surface area contributed by atoms with Crippen LogP contribution in [0.25, 0.3) is 0 Å². The first-order chi connectivity index (χ1) is 15.3. The topological polar surface area (TPSA) is 26.3 Å². The third-order valence-electron chi connectivity index (χ3n) is 7.31. The first kappa shape index (κ1) is 22.1. The van der Waals surface area contributed by atoms with Gasteiger partial charge in [0, 0.05) is 0 Å². The van der Waals surface area contributed by atoms with Crippen LogP contribution in [0.5, 0.6) is 0 Å². The summed E-state index contributed by atoms with van der Waals surface area (Å²) in [7, 11) is 0. The molecular formula is C29H38O2. The highest BCUT2D eigenvalue weighted by Gasteiger charge is 2.18. The van der Waals surface area contributed by atoms with E-state index in [0.29, 0.717) is 5.56 Å². The molecule has 0 N–H and O–H groups in total. The lowest BCUT2D eigenvalue weighted by Crippen LogP contribution is -2.20. The summed E-state index contributed by atoms with van der Waals surface area (Å²) in [4.78, 5) is 12.4. The molecule has 0 aromatic heterocycles. The molecule has 2 fully saturated rings. The van der Waals surface area contributed by atoms with Crippen LogP contribution in [0.3, 0.4) is 0 Å². The Morgan fingerprint density at radius 2 is 1.13 bits per heavy atom. The van der Waals surface area contributed by atoms with Crippen molar-refractivity contribution in [3.8, 4) is 0 Å². The molecule has 2 heteroatoms. The lowest BCUT2D eigenvalue weighted by Gasteiger charge is -2.21. The number of carbonyl (C=O) groups excluding carboxylic acids is 1. The molecule has 2 aromatic rings. The summed E-state index contributed by atoms with van der Waals surface area (Å²) in [5, 5.41) is 0. The van der Waals surface area contributed by atoms with Gasteiger partial charge in [-0.25, -0.2) is 4.79 Å². The van der Waals surface area contributed by atoms with Crippen LogP contribution in [-0.2, 0) is 24.0 Å². The molecule has 0 atom stereocenters. The number of hydrogen-bond donors (Lipinski definition) is 0. The number of esters is 1. The van der Waals surface area contributed by atoms with E-state index in [9.17, 15) is 4.79 Å². The van der Waals surface area contributed by atoms with Crippen LogP contribution >= 0.6 is 0 Å². The standard InChI is InChI=1S/C29H38O2/c30-29(31-28-9-5-2-6-10-28)27-21-19-26(20-22-27)18-17-25-15-13-24(14-16-25)12-11-23-7-3-1-4-8-23/h13-16,19-23,28H,1-12,17-18H2. The largest absolute Gasteiger partial charge is 0.459 e. The molecule has 0 amide bonds. The molecule has 0 radical (unpaired) electrons. The van der Waals surface area contributed by atoms with Gasteiger partial charge in [-0.2, -0.15) is 0 Å². The van der Waals surface area contributed by atoms with Gasteiger partial charge in [-0.15, -0.1) is 0 Å².